The predicted octanol–water partition coefficient (Wildman–Crippen LogP) is -0.0132. The van der Waals surface area contributed by atoms with Crippen LogP contribution in [0.5, 0.6) is 0 Å². The Bertz CT molecular complexity index is 450. The second kappa shape index (κ2) is 6.10. The maximum absolute atomic E-state index is 12.6. The van der Waals surface area contributed by atoms with Gasteiger partial charge in [-0.05, 0) is 12.0 Å². The van der Waals surface area contributed by atoms with Gasteiger partial charge in [0.05, 0.1) is 13.2 Å². The third-order valence-corrected chi connectivity index (χ3v) is 6.16. The van der Waals surface area contributed by atoms with Gasteiger partial charge in [-0.3, -0.25) is 0 Å². The molecule has 2 aliphatic rings. The van der Waals surface area contributed by atoms with Crippen LogP contribution in [-0.4, -0.2) is 69.3 Å². The van der Waals surface area contributed by atoms with Crippen molar-refractivity contribution in [1.29, 1.82) is 0 Å². The van der Waals surface area contributed by atoms with Gasteiger partial charge >= 0.3 is 0 Å². The van der Waals surface area contributed by atoms with Crippen molar-refractivity contribution >= 4 is 10.2 Å². The average molecular weight is 321 g/mol. The van der Waals surface area contributed by atoms with Crippen LogP contribution >= 0.6 is 0 Å². The number of nitrogens with zero attached hydrogens (tertiary/aromatic N) is 2. The quantitative estimate of drug-likeness (QED) is 0.769. The summed E-state index contributed by atoms with van der Waals surface area (Å²) in [5.74, 6) is -0.554. The van der Waals surface area contributed by atoms with Crippen LogP contribution in [0, 0.1) is 5.41 Å². The Morgan fingerprint density at radius 1 is 1.24 bits per heavy atom. The van der Waals surface area contributed by atoms with Gasteiger partial charge in [-0.1, -0.05) is 13.8 Å². The van der Waals surface area contributed by atoms with Crippen molar-refractivity contribution in [3.8, 4) is 0 Å². The van der Waals surface area contributed by atoms with E-state index < -0.39 is 16.0 Å². The van der Waals surface area contributed by atoms with E-state index in [1.807, 2.05) is 13.8 Å². The zero-order valence-electron chi connectivity index (χ0n) is 13.2. The molecule has 7 nitrogen and oxygen atoms in total. The average Bonchev–Trinajstić information content (AvgIpc) is 2.87. The molecule has 2 saturated heterocycles. The number of nitrogens with two attached hydrogens (primary N) is 1. The highest BCUT2D eigenvalue weighted by Gasteiger charge is 2.43. The minimum atomic E-state index is -3.45. The van der Waals surface area contributed by atoms with E-state index in [1.54, 1.807) is 7.05 Å². The molecule has 0 aliphatic carbocycles. The maximum atomic E-state index is 12.6. The molecule has 0 aromatic carbocycles. The van der Waals surface area contributed by atoms with E-state index in [9.17, 15) is 8.42 Å². The van der Waals surface area contributed by atoms with Gasteiger partial charge in [0.25, 0.3) is 10.2 Å². The summed E-state index contributed by atoms with van der Waals surface area (Å²) >= 11 is 0. The monoisotopic (exact) mass is 321 g/mol. The van der Waals surface area contributed by atoms with Crippen LogP contribution in [0.15, 0.2) is 0 Å². The topological polar surface area (TPSA) is 85.1 Å². The smallest absolute Gasteiger partial charge is 0.281 e. The Balaban J connectivity index is 1.97. The maximum Gasteiger partial charge on any atom is 0.281 e. The van der Waals surface area contributed by atoms with Crippen LogP contribution in [0.4, 0.5) is 0 Å². The number of rotatable bonds is 5. The van der Waals surface area contributed by atoms with Crippen molar-refractivity contribution < 1.29 is 17.9 Å². The lowest BCUT2D eigenvalue weighted by molar-refractivity contribution is -0.179. The molecule has 0 aromatic rings. The molecule has 2 N–H and O–H groups in total. The summed E-state index contributed by atoms with van der Waals surface area (Å²) in [7, 11) is -1.84. The fourth-order valence-electron chi connectivity index (χ4n) is 2.79. The molecule has 0 aromatic heterocycles. The molecular formula is C13H27N3O4S. The summed E-state index contributed by atoms with van der Waals surface area (Å²) in [6, 6.07) is 0. The number of ether oxygens (including phenoxy) is 2. The third-order valence-electron chi connectivity index (χ3n) is 4.22. The molecule has 2 rings (SSSR count). The molecule has 0 saturated carbocycles. The van der Waals surface area contributed by atoms with Crippen molar-refractivity contribution in [1.82, 2.24) is 8.61 Å². The molecule has 0 atom stereocenters. The Kier molecular flexibility index (Phi) is 4.97. The molecule has 124 valence electrons. The van der Waals surface area contributed by atoms with Gasteiger partial charge in [0.15, 0.2) is 5.79 Å². The van der Waals surface area contributed by atoms with Crippen LogP contribution in [-0.2, 0) is 19.7 Å². The SMILES string of the molecule is CN(CC(C)(C)CN)S(=O)(=O)N1CCC2(CC1)OCCO2. The van der Waals surface area contributed by atoms with Crippen LogP contribution in [0.1, 0.15) is 26.7 Å². The van der Waals surface area contributed by atoms with E-state index in [2.05, 4.69) is 0 Å². The molecule has 2 aliphatic heterocycles. The van der Waals surface area contributed by atoms with Gasteiger partial charge in [-0.2, -0.15) is 17.0 Å². The first-order valence-electron chi connectivity index (χ1n) is 7.40. The van der Waals surface area contributed by atoms with Gasteiger partial charge in [-0.25, -0.2) is 0 Å². The predicted molar refractivity (Wildman–Crippen MR) is 79.8 cm³/mol. The first kappa shape index (κ1) is 17.1. The molecule has 8 heteroatoms. The third kappa shape index (κ3) is 3.75. The lowest BCUT2D eigenvalue weighted by Gasteiger charge is -2.39. The van der Waals surface area contributed by atoms with Crippen molar-refractivity contribution in [2.75, 3.05) is 46.4 Å². The van der Waals surface area contributed by atoms with Crippen molar-refractivity contribution in [3.05, 3.63) is 0 Å². The minimum Gasteiger partial charge on any atom is -0.347 e. The molecule has 0 amide bonds. The Labute approximate surface area is 127 Å². The second-order valence-electron chi connectivity index (χ2n) is 6.64. The van der Waals surface area contributed by atoms with E-state index in [-0.39, 0.29) is 5.41 Å². The molecular weight excluding hydrogens is 294 g/mol. The molecule has 0 unspecified atom stereocenters. The molecule has 21 heavy (non-hydrogen) atoms. The second-order valence-corrected chi connectivity index (χ2v) is 8.67. The lowest BCUT2D eigenvalue weighted by atomic mass is 9.94. The summed E-state index contributed by atoms with van der Waals surface area (Å²) in [4.78, 5) is 0. The number of piperidine rings is 1. The largest absolute Gasteiger partial charge is 0.347 e. The summed E-state index contributed by atoms with van der Waals surface area (Å²) in [5.41, 5.74) is 5.45. The zero-order chi connectivity index (χ0) is 15.7. The van der Waals surface area contributed by atoms with Gasteiger partial charge in [0, 0.05) is 39.5 Å². The van der Waals surface area contributed by atoms with E-state index >= 15 is 0 Å². The Morgan fingerprint density at radius 3 is 2.24 bits per heavy atom. The number of hydrogen-bond acceptors (Lipinski definition) is 5. The first-order chi connectivity index (χ1) is 9.71. The molecule has 0 bridgehead atoms. The number of hydrogen-bond donors (Lipinski definition) is 1. The van der Waals surface area contributed by atoms with Gasteiger partial charge in [-0.15, -0.1) is 0 Å². The zero-order valence-corrected chi connectivity index (χ0v) is 14.0. The molecule has 0 radical (unpaired) electrons. The highest BCUT2D eigenvalue weighted by molar-refractivity contribution is 7.86. The normalized spacial score (nSPS) is 24.0. The molecule has 2 heterocycles. The highest BCUT2D eigenvalue weighted by atomic mass is 32.2. The standard InChI is InChI=1S/C13H27N3O4S/c1-12(2,10-14)11-15(3)21(17,18)16-6-4-13(5-7-16)19-8-9-20-13/h4-11,14H2,1-3H3. The fourth-order valence-corrected chi connectivity index (χ4v) is 4.34. The van der Waals surface area contributed by atoms with Crippen LogP contribution in [0.2, 0.25) is 0 Å². The van der Waals surface area contributed by atoms with E-state index in [0.717, 1.165) is 0 Å². The van der Waals surface area contributed by atoms with E-state index in [1.165, 1.54) is 8.61 Å². The van der Waals surface area contributed by atoms with Crippen molar-refractivity contribution in [2.45, 2.75) is 32.5 Å². The highest BCUT2D eigenvalue weighted by Crippen LogP contribution is 2.32. The van der Waals surface area contributed by atoms with E-state index in [4.69, 9.17) is 15.2 Å². The van der Waals surface area contributed by atoms with Gasteiger partial charge < -0.3 is 15.2 Å². The summed E-state index contributed by atoms with van der Waals surface area (Å²) in [5, 5.41) is 0. The van der Waals surface area contributed by atoms with Gasteiger partial charge in [0.2, 0.25) is 0 Å². The molecule has 1 spiro atoms. The van der Waals surface area contributed by atoms with Gasteiger partial charge in [0.1, 0.15) is 0 Å². The van der Waals surface area contributed by atoms with Crippen molar-refractivity contribution in [3.63, 3.8) is 0 Å². The minimum absolute atomic E-state index is 0.240. The summed E-state index contributed by atoms with van der Waals surface area (Å²) in [6.45, 7) is 6.81. The molecule has 2 fully saturated rings. The van der Waals surface area contributed by atoms with Crippen LogP contribution in [0.3, 0.4) is 0 Å². The Morgan fingerprint density at radius 2 is 1.76 bits per heavy atom. The fraction of sp³-hybridized carbons (Fsp3) is 1.00. The van der Waals surface area contributed by atoms with Crippen LogP contribution in [0.25, 0.3) is 0 Å². The lowest BCUT2D eigenvalue weighted by Crippen LogP contribution is -2.52. The first-order valence-corrected chi connectivity index (χ1v) is 8.80. The Hall–Kier alpha value is -0.250. The van der Waals surface area contributed by atoms with E-state index in [0.29, 0.717) is 52.2 Å². The van der Waals surface area contributed by atoms with Crippen molar-refractivity contribution in [2.24, 2.45) is 11.1 Å². The summed E-state index contributed by atoms with van der Waals surface area (Å²) in [6.07, 6.45) is 1.17. The van der Waals surface area contributed by atoms with Crippen LogP contribution < -0.4 is 5.73 Å². The summed E-state index contributed by atoms with van der Waals surface area (Å²) < 4.78 is 39.4.